The summed E-state index contributed by atoms with van der Waals surface area (Å²) < 4.78 is 1.13. The summed E-state index contributed by atoms with van der Waals surface area (Å²) in [6.07, 6.45) is 3.65. The van der Waals surface area contributed by atoms with Crippen molar-refractivity contribution in [2.75, 3.05) is 36.4 Å². The zero-order chi connectivity index (χ0) is 18.8. The maximum absolute atomic E-state index is 4.65. The number of benzene rings is 1. The summed E-state index contributed by atoms with van der Waals surface area (Å²) in [5.41, 5.74) is 5.61. The molecule has 4 aromatic rings. The van der Waals surface area contributed by atoms with Gasteiger partial charge in [0.05, 0.1) is 21.4 Å². The van der Waals surface area contributed by atoms with E-state index in [0.717, 1.165) is 59.2 Å². The largest absolute Gasteiger partial charge is 0.354 e. The minimum atomic E-state index is 0.563. The third-order valence-corrected chi connectivity index (χ3v) is 5.52. The van der Waals surface area contributed by atoms with Gasteiger partial charge in [0.1, 0.15) is 5.82 Å². The van der Waals surface area contributed by atoms with Crippen molar-refractivity contribution >= 4 is 39.0 Å². The fraction of sp³-hybridized carbons (Fsp3) is 0.200. The molecule has 0 atom stereocenters. The topological polar surface area (TPSA) is 78.9 Å². The van der Waals surface area contributed by atoms with E-state index in [1.165, 1.54) is 0 Å². The number of nitrogens with one attached hydrogen (secondary N) is 2. The second kappa shape index (κ2) is 7.49. The molecule has 1 aromatic carbocycles. The first-order chi connectivity index (χ1) is 13.8. The van der Waals surface area contributed by atoms with Crippen LogP contribution in [0.15, 0.2) is 54.3 Å². The molecule has 7 nitrogen and oxygen atoms in total. The standard InChI is InChI=1S/C20H19N7S/c1-4-19(27-9-7-21-8-10-27)23-12-14(1)16-5-6-22-20(26-16)25-15-2-3-17-18(11-15)28-13-24-17/h1-6,11-13,21H,7-10H2,(H,22,25,26). The van der Waals surface area contributed by atoms with Gasteiger partial charge in [0, 0.05) is 49.8 Å². The SMILES string of the molecule is c1cc(-c2ccc(N3CCNCC3)nc2)nc(Nc2ccc3ncsc3c2)n1. The number of piperazine rings is 1. The van der Waals surface area contributed by atoms with E-state index in [1.807, 2.05) is 29.9 Å². The molecule has 4 heterocycles. The van der Waals surface area contributed by atoms with Gasteiger partial charge in [-0.15, -0.1) is 11.3 Å². The van der Waals surface area contributed by atoms with Crippen LogP contribution in [-0.4, -0.2) is 46.1 Å². The van der Waals surface area contributed by atoms with Gasteiger partial charge in [0.15, 0.2) is 0 Å². The Morgan fingerprint density at radius 3 is 2.79 bits per heavy atom. The first kappa shape index (κ1) is 17.0. The molecule has 0 aliphatic carbocycles. The quantitative estimate of drug-likeness (QED) is 0.554. The van der Waals surface area contributed by atoms with Crippen molar-refractivity contribution < 1.29 is 0 Å². The fourth-order valence-electron chi connectivity index (χ4n) is 3.26. The van der Waals surface area contributed by atoms with Gasteiger partial charge < -0.3 is 15.5 Å². The molecule has 0 spiro atoms. The second-order valence-corrected chi connectivity index (χ2v) is 7.45. The van der Waals surface area contributed by atoms with E-state index in [0.29, 0.717) is 5.95 Å². The highest BCUT2D eigenvalue weighted by atomic mass is 32.1. The summed E-state index contributed by atoms with van der Waals surface area (Å²) in [4.78, 5) is 20.2. The number of aromatic nitrogens is 4. The Balaban J connectivity index is 1.36. The highest BCUT2D eigenvalue weighted by molar-refractivity contribution is 7.16. The van der Waals surface area contributed by atoms with Crippen LogP contribution in [-0.2, 0) is 0 Å². The monoisotopic (exact) mass is 389 g/mol. The van der Waals surface area contributed by atoms with E-state index in [9.17, 15) is 0 Å². The van der Waals surface area contributed by atoms with Gasteiger partial charge in [-0.25, -0.2) is 19.9 Å². The number of rotatable bonds is 4. The second-order valence-electron chi connectivity index (χ2n) is 6.57. The summed E-state index contributed by atoms with van der Waals surface area (Å²) in [6.45, 7) is 3.96. The van der Waals surface area contributed by atoms with Crippen LogP contribution in [0.5, 0.6) is 0 Å². The minimum absolute atomic E-state index is 0.563. The lowest BCUT2D eigenvalue weighted by molar-refractivity contribution is 0.585. The molecular formula is C20H19N7S. The van der Waals surface area contributed by atoms with Gasteiger partial charge in [-0.05, 0) is 36.4 Å². The Hall–Kier alpha value is -3.10. The molecule has 140 valence electrons. The van der Waals surface area contributed by atoms with Gasteiger partial charge in [0.2, 0.25) is 5.95 Å². The predicted octanol–water partition coefficient (Wildman–Crippen LogP) is 3.30. The maximum Gasteiger partial charge on any atom is 0.227 e. The first-order valence-corrected chi connectivity index (χ1v) is 10.1. The predicted molar refractivity (Wildman–Crippen MR) is 113 cm³/mol. The number of nitrogens with zero attached hydrogens (tertiary/aromatic N) is 5. The van der Waals surface area contributed by atoms with Gasteiger partial charge in [0.25, 0.3) is 0 Å². The van der Waals surface area contributed by atoms with Crippen LogP contribution >= 0.6 is 11.3 Å². The van der Waals surface area contributed by atoms with E-state index in [2.05, 4.69) is 53.7 Å². The van der Waals surface area contributed by atoms with Crippen LogP contribution in [0, 0.1) is 0 Å². The molecule has 28 heavy (non-hydrogen) atoms. The Kier molecular flexibility index (Phi) is 4.56. The molecule has 1 fully saturated rings. The Labute approximate surface area is 166 Å². The summed E-state index contributed by atoms with van der Waals surface area (Å²) in [5, 5.41) is 6.64. The molecule has 2 N–H and O–H groups in total. The molecule has 0 radical (unpaired) electrons. The number of pyridine rings is 1. The third kappa shape index (κ3) is 3.51. The van der Waals surface area contributed by atoms with Crippen LogP contribution in [0.4, 0.5) is 17.5 Å². The highest BCUT2D eigenvalue weighted by Gasteiger charge is 2.12. The molecule has 1 saturated heterocycles. The first-order valence-electron chi connectivity index (χ1n) is 9.21. The molecule has 0 unspecified atom stereocenters. The molecule has 5 rings (SSSR count). The summed E-state index contributed by atoms with van der Waals surface area (Å²) >= 11 is 1.62. The van der Waals surface area contributed by atoms with Gasteiger partial charge in [-0.3, -0.25) is 0 Å². The normalized spacial score (nSPS) is 14.4. The van der Waals surface area contributed by atoms with E-state index in [1.54, 1.807) is 17.5 Å². The van der Waals surface area contributed by atoms with E-state index < -0.39 is 0 Å². The molecule has 1 aliphatic rings. The van der Waals surface area contributed by atoms with Crippen molar-refractivity contribution in [3.63, 3.8) is 0 Å². The van der Waals surface area contributed by atoms with Crippen LogP contribution in [0.25, 0.3) is 21.5 Å². The van der Waals surface area contributed by atoms with Crippen molar-refractivity contribution in [1.29, 1.82) is 0 Å². The van der Waals surface area contributed by atoms with Gasteiger partial charge in [-0.2, -0.15) is 0 Å². The zero-order valence-electron chi connectivity index (χ0n) is 15.2. The molecule has 1 aliphatic heterocycles. The lowest BCUT2D eigenvalue weighted by Gasteiger charge is -2.28. The zero-order valence-corrected chi connectivity index (χ0v) is 16.0. The minimum Gasteiger partial charge on any atom is -0.354 e. The summed E-state index contributed by atoms with van der Waals surface area (Å²) in [6, 6.07) is 12.1. The average Bonchev–Trinajstić information content (AvgIpc) is 3.23. The Morgan fingerprint density at radius 1 is 1.00 bits per heavy atom. The van der Waals surface area contributed by atoms with Crippen molar-refractivity contribution in [3.8, 4) is 11.3 Å². The molecule has 0 saturated carbocycles. The lowest BCUT2D eigenvalue weighted by Crippen LogP contribution is -2.43. The van der Waals surface area contributed by atoms with Crippen LogP contribution in [0.3, 0.4) is 0 Å². The van der Waals surface area contributed by atoms with E-state index >= 15 is 0 Å². The molecule has 0 bridgehead atoms. The number of fused-ring (bicyclic) bond motifs is 1. The number of thiazole rings is 1. The van der Waals surface area contributed by atoms with Crippen LogP contribution in [0.1, 0.15) is 0 Å². The Morgan fingerprint density at radius 2 is 1.93 bits per heavy atom. The maximum atomic E-state index is 4.65. The highest BCUT2D eigenvalue weighted by Crippen LogP contribution is 2.25. The third-order valence-electron chi connectivity index (χ3n) is 4.73. The van der Waals surface area contributed by atoms with Crippen molar-refractivity contribution in [1.82, 2.24) is 25.3 Å². The molecular weight excluding hydrogens is 370 g/mol. The Bertz CT molecular complexity index is 1090. The smallest absolute Gasteiger partial charge is 0.227 e. The average molecular weight is 389 g/mol. The van der Waals surface area contributed by atoms with E-state index in [-0.39, 0.29) is 0 Å². The van der Waals surface area contributed by atoms with Crippen molar-refractivity contribution in [3.05, 3.63) is 54.3 Å². The van der Waals surface area contributed by atoms with Gasteiger partial charge in [-0.1, -0.05) is 0 Å². The molecule has 3 aromatic heterocycles. The van der Waals surface area contributed by atoms with Gasteiger partial charge >= 0.3 is 0 Å². The number of hydrogen-bond acceptors (Lipinski definition) is 8. The fourth-order valence-corrected chi connectivity index (χ4v) is 3.98. The van der Waals surface area contributed by atoms with Crippen LogP contribution in [0.2, 0.25) is 0 Å². The van der Waals surface area contributed by atoms with Crippen molar-refractivity contribution in [2.45, 2.75) is 0 Å². The van der Waals surface area contributed by atoms with E-state index in [4.69, 9.17) is 0 Å². The number of anilines is 3. The van der Waals surface area contributed by atoms with Crippen LogP contribution < -0.4 is 15.5 Å². The molecule has 8 heteroatoms. The summed E-state index contributed by atoms with van der Waals surface area (Å²) in [7, 11) is 0. The van der Waals surface area contributed by atoms with Crippen molar-refractivity contribution in [2.24, 2.45) is 0 Å². The number of hydrogen-bond donors (Lipinski definition) is 2. The summed E-state index contributed by atoms with van der Waals surface area (Å²) in [5.74, 6) is 1.57. The molecule has 0 amide bonds. The lowest BCUT2D eigenvalue weighted by atomic mass is 10.2.